The van der Waals surface area contributed by atoms with Gasteiger partial charge in [-0.05, 0) is 31.0 Å². The number of benzene rings is 1. The molecule has 1 aromatic carbocycles. The first kappa shape index (κ1) is 14.1. The second kappa shape index (κ2) is 4.68. The molecule has 1 aliphatic heterocycles. The van der Waals surface area contributed by atoms with Crippen molar-refractivity contribution in [1.29, 1.82) is 0 Å². The van der Waals surface area contributed by atoms with E-state index >= 15 is 0 Å². The molecule has 0 radical (unpaired) electrons. The number of halogens is 3. The Morgan fingerprint density at radius 1 is 1.16 bits per heavy atom. The number of nitrogen functional groups attached to an aromatic ring is 1. The normalized spacial score (nSPS) is 17.8. The zero-order valence-corrected chi connectivity index (χ0v) is 10.8. The summed E-state index contributed by atoms with van der Waals surface area (Å²) in [6, 6.07) is 2.69. The van der Waals surface area contributed by atoms with Gasteiger partial charge in [0.2, 0.25) is 10.0 Å². The van der Waals surface area contributed by atoms with E-state index in [0.717, 1.165) is 25.0 Å². The molecule has 1 fully saturated rings. The molecule has 1 aromatic rings. The van der Waals surface area contributed by atoms with E-state index in [0.29, 0.717) is 19.2 Å². The zero-order chi connectivity index (χ0) is 14.3. The van der Waals surface area contributed by atoms with Crippen LogP contribution in [0, 0.1) is 0 Å². The van der Waals surface area contributed by atoms with Gasteiger partial charge in [0.05, 0.1) is 10.5 Å². The summed E-state index contributed by atoms with van der Waals surface area (Å²) >= 11 is 0. The minimum absolute atomic E-state index is 0.341. The van der Waals surface area contributed by atoms with Gasteiger partial charge in [0.1, 0.15) is 0 Å². The quantitative estimate of drug-likeness (QED) is 0.849. The highest BCUT2D eigenvalue weighted by Gasteiger charge is 2.35. The maximum atomic E-state index is 12.7. The number of alkyl halides is 3. The summed E-state index contributed by atoms with van der Waals surface area (Å²) in [4.78, 5) is -0.365. The molecule has 2 N–H and O–H groups in total. The second-order valence-corrected chi connectivity index (χ2v) is 6.30. The lowest BCUT2D eigenvalue weighted by atomic mass is 10.2. The molecule has 1 saturated heterocycles. The Hall–Kier alpha value is -1.28. The van der Waals surface area contributed by atoms with Gasteiger partial charge in [0, 0.05) is 18.8 Å². The van der Waals surface area contributed by atoms with Crippen LogP contribution < -0.4 is 5.73 Å². The highest BCUT2D eigenvalue weighted by molar-refractivity contribution is 7.89. The summed E-state index contributed by atoms with van der Waals surface area (Å²) in [5, 5.41) is 0. The third kappa shape index (κ3) is 2.69. The van der Waals surface area contributed by atoms with Crippen LogP contribution in [0.4, 0.5) is 18.9 Å². The van der Waals surface area contributed by atoms with Crippen LogP contribution >= 0.6 is 0 Å². The Balaban J connectivity index is 2.46. The van der Waals surface area contributed by atoms with Crippen molar-refractivity contribution in [2.45, 2.75) is 23.9 Å². The van der Waals surface area contributed by atoms with Crippen molar-refractivity contribution < 1.29 is 21.6 Å². The van der Waals surface area contributed by atoms with E-state index in [2.05, 4.69) is 0 Å². The predicted molar refractivity (Wildman–Crippen MR) is 63.8 cm³/mol. The van der Waals surface area contributed by atoms with E-state index in [9.17, 15) is 21.6 Å². The molecule has 0 aliphatic carbocycles. The van der Waals surface area contributed by atoms with Crippen LogP contribution in [0.25, 0.3) is 0 Å². The molecule has 1 aliphatic rings. The van der Waals surface area contributed by atoms with E-state index in [-0.39, 0.29) is 4.90 Å². The summed E-state index contributed by atoms with van der Waals surface area (Å²) in [7, 11) is -3.86. The van der Waals surface area contributed by atoms with E-state index in [1.165, 1.54) is 4.31 Å². The summed E-state index contributed by atoms with van der Waals surface area (Å²) in [5.41, 5.74) is 3.65. The number of nitrogens with two attached hydrogens (primary N) is 1. The summed E-state index contributed by atoms with van der Waals surface area (Å²) < 4.78 is 63.6. The van der Waals surface area contributed by atoms with Gasteiger partial charge in [-0.15, -0.1) is 0 Å². The van der Waals surface area contributed by atoms with E-state index in [4.69, 9.17) is 5.73 Å². The molecule has 0 atom stereocenters. The first-order valence-electron chi connectivity index (χ1n) is 5.70. The molecular weight excluding hydrogens is 281 g/mol. The molecule has 0 unspecified atom stereocenters. The summed E-state index contributed by atoms with van der Waals surface area (Å²) in [6.45, 7) is 0.683. The van der Waals surface area contributed by atoms with Crippen molar-refractivity contribution in [1.82, 2.24) is 4.31 Å². The van der Waals surface area contributed by atoms with Crippen molar-refractivity contribution in [3.05, 3.63) is 23.8 Å². The molecule has 8 heteroatoms. The Kier molecular flexibility index (Phi) is 3.48. The topological polar surface area (TPSA) is 63.4 Å². The van der Waals surface area contributed by atoms with Gasteiger partial charge < -0.3 is 5.73 Å². The van der Waals surface area contributed by atoms with Crippen LogP contribution in [0.15, 0.2) is 23.1 Å². The predicted octanol–water partition coefficient (Wildman–Crippen LogP) is 2.07. The van der Waals surface area contributed by atoms with Crippen LogP contribution in [-0.4, -0.2) is 25.8 Å². The average Bonchev–Trinajstić information content (AvgIpc) is 2.81. The molecule has 0 amide bonds. The minimum Gasteiger partial charge on any atom is -0.398 e. The van der Waals surface area contributed by atoms with Crippen molar-refractivity contribution in [2.24, 2.45) is 0 Å². The zero-order valence-electron chi connectivity index (χ0n) is 9.94. The first-order valence-corrected chi connectivity index (χ1v) is 7.14. The number of sulfonamides is 1. The lowest BCUT2D eigenvalue weighted by Crippen LogP contribution is -2.28. The van der Waals surface area contributed by atoms with Crippen molar-refractivity contribution in [3.63, 3.8) is 0 Å². The number of hydrogen-bond donors (Lipinski definition) is 1. The van der Waals surface area contributed by atoms with E-state index < -0.39 is 27.5 Å². The van der Waals surface area contributed by atoms with E-state index in [1.807, 2.05) is 0 Å². The lowest BCUT2D eigenvalue weighted by molar-refractivity contribution is -0.137. The van der Waals surface area contributed by atoms with Gasteiger partial charge in [-0.1, -0.05) is 0 Å². The monoisotopic (exact) mass is 294 g/mol. The van der Waals surface area contributed by atoms with Gasteiger partial charge in [-0.3, -0.25) is 0 Å². The van der Waals surface area contributed by atoms with Crippen molar-refractivity contribution in [2.75, 3.05) is 18.8 Å². The molecule has 0 bridgehead atoms. The standard InChI is InChI=1S/C11H13F3N2O2S/c12-11(13,14)9-7-8(3-4-10(9)15)19(17,18)16-5-1-2-6-16/h3-4,7H,1-2,5-6,15H2. The smallest absolute Gasteiger partial charge is 0.398 e. The number of anilines is 1. The first-order chi connectivity index (χ1) is 8.73. The Morgan fingerprint density at radius 3 is 2.26 bits per heavy atom. The maximum Gasteiger partial charge on any atom is 0.418 e. The SMILES string of the molecule is Nc1ccc(S(=O)(=O)N2CCCC2)cc1C(F)(F)F. The Bertz CT molecular complexity index is 578. The number of hydrogen-bond acceptors (Lipinski definition) is 3. The van der Waals surface area contributed by atoms with Crippen LogP contribution in [0.5, 0.6) is 0 Å². The second-order valence-electron chi connectivity index (χ2n) is 4.36. The molecular formula is C11H13F3N2O2S. The third-order valence-electron chi connectivity index (χ3n) is 3.03. The molecule has 0 spiro atoms. The van der Waals surface area contributed by atoms with Gasteiger partial charge in [0.15, 0.2) is 0 Å². The van der Waals surface area contributed by atoms with Crippen molar-refractivity contribution >= 4 is 15.7 Å². The third-order valence-corrected chi connectivity index (χ3v) is 4.93. The Morgan fingerprint density at radius 2 is 1.74 bits per heavy atom. The van der Waals surface area contributed by atoms with Crippen LogP contribution in [-0.2, 0) is 16.2 Å². The summed E-state index contributed by atoms with van der Waals surface area (Å²) in [6.07, 6.45) is -3.22. The van der Waals surface area contributed by atoms with Crippen molar-refractivity contribution in [3.8, 4) is 0 Å². The van der Waals surface area contributed by atoms with Gasteiger partial charge >= 0.3 is 6.18 Å². The summed E-state index contributed by atoms with van der Waals surface area (Å²) in [5.74, 6) is 0. The molecule has 4 nitrogen and oxygen atoms in total. The van der Waals surface area contributed by atoms with Crippen LogP contribution in [0.2, 0.25) is 0 Å². The fourth-order valence-electron chi connectivity index (χ4n) is 2.02. The molecule has 2 rings (SSSR count). The lowest BCUT2D eigenvalue weighted by Gasteiger charge is -2.17. The largest absolute Gasteiger partial charge is 0.418 e. The van der Waals surface area contributed by atoms with Crippen LogP contribution in [0.1, 0.15) is 18.4 Å². The van der Waals surface area contributed by atoms with Crippen LogP contribution in [0.3, 0.4) is 0 Å². The molecule has 106 valence electrons. The van der Waals surface area contributed by atoms with Gasteiger partial charge in [-0.25, -0.2) is 8.42 Å². The highest BCUT2D eigenvalue weighted by Crippen LogP contribution is 2.35. The highest BCUT2D eigenvalue weighted by atomic mass is 32.2. The van der Waals surface area contributed by atoms with Gasteiger partial charge in [-0.2, -0.15) is 17.5 Å². The molecule has 1 heterocycles. The van der Waals surface area contributed by atoms with Gasteiger partial charge in [0.25, 0.3) is 0 Å². The number of nitrogens with zero attached hydrogens (tertiary/aromatic N) is 1. The molecule has 19 heavy (non-hydrogen) atoms. The average molecular weight is 294 g/mol. The number of rotatable bonds is 2. The fraction of sp³-hybridized carbons (Fsp3) is 0.455. The maximum absolute atomic E-state index is 12.7. The van der Waals surface area contributed by atoms with E-state index in [1.54, 1.807) is 0 Å². The molecule has 0 saturated carbocycles. The fourth-order valence-corrected chi connectivity index (χ4v) is 3.56. The Labute approximate surface area is 109 Å². The molecule has 0 aromatic heterocycles. The minimum atomic E-state index is -4.67.